The van der Waals surface area contributed by atoms with Crippen LogP contribution in [0, 0.1) is 28.4 Å². The maximum Gasteiger partial charge on any atom is 0.229 e. The molecule has 46 heavy (non-hydrogen) atoms. The molecule has 0 saturated heterocycles. The van der Waals surface area contributed by atoms with E-state index in [1.165, 1.54) is 23.6 Å². The molecule has 0 bridgehead atoms. The Kier molecular flexibility index (Phi) is 11.2. The maximum atomic E-state index is 13.5. The van der Waals surface area contributed by atoms with E-state index in [0.717, 1.165) is 31.2 Å². The molecule has 9 nitrogen and oxygen atoms in total. The van der Waals surface area contributed by atoms with Crippen molar-refractivity contribution < 1.29 is 23.0 Å². The Labute approximate surface area is 273 Å². The van der Waals surface area contributed by atoms with Gasteiger partial charge in [-0.25, -0.2) is 23.7 Å². The van der Waals surface area contributed by atoms with E-state index in [2.05, 4.69) is 79.4 Å². The van der Waals surface area contributed by atoms with Crippen molar-refractivity contribution >= 4 is 44.8 Å². The number of hydrogen-bond acceptors (Lipinski definition) is 9. The third kappa shape index (κ3) is 9.32. The fourth-order valence-corrected chi connectivity index (χ4v) is 5.83. The SMILES string of the molecule is COc1cc2c(Nc3ncc(CC(=O)Nc4cc(F)cc(F)c4)s3)ncnc2cc1OCCCNC([C](C)C(C)(C)C)C(C)(C)C. The number of amides is 1. The second kappa shape index (κ2) is 14.7. The first-order valence-corrected chi connectivity index (χ1v) is 16.0. The van der Waals surface area contributed by atoms with Crippen LogP contribution in [-0.4, -0.2) is 47.2 Å². The molecule has 0 fully saturated rings. The lowest BCUT2D eigenvalue weighted by atomic mass is 9.69. The first-order valence-electron chi connectivity index (χ1n) is 15.1. The highest BCUT2D eigenvalue weighted by Gasteiger charge is 2.35. The van der Waals surface area contributed by atoms with Gasteiger partial charge >= 0.3 is 0 Å². The van der Waals surface area contributed by atoms with Crippen molar-refractivity contribution in [2.45, 2.75) is 67.3 Å². The molecule has 2 heterocycles. The zero-order chi connectivity index (χ0) is 33.6. The van der Waals surface area contributed by atoms with E-state index in [4.69, 9.17) is 9.47 Å². The van der Waals surface area contributed by atoms with Crippen LogP contribution in [0.1, 0.15) is 59.8 Å². The second-order valence-electron chi connectivity index (χ2n) is 13.3. The van der Waals surface area contributed by atoms with E-state index >= 15 is 0 Å². The third-order valence-corrected chi connectivity index (χ3v) is 8.50. The molecule has 0 aliphatic carbocycles. The number of rotatable bonds is 13. The van der Waals surface area contributed by atoms with Crippen molar-refractivity contribution in [3.63, 3.8) is 0 Å². The fourth-order valence-electron chi connectivity index (χ4n) is 5.02. The van der Waals surface area contributed by atoms with Gasteiger partial charge in [0.2, 0.25) is 5.91 Å². The largest absolute Gasteiger partial charge is 0.493 e. The molecule has 0 saturated carbocycles. The molecule has 0 spiro atoms. The van der Waals surface area contributed by atoms with Crippen LogP contribution in [0.25, 0.3) is 10.9 Å². The minimum atomic E-state index is -0.769. The Hall–Kier alpha value is -3.90. The van der Waals surface area contributed by atoms with E-state index < -0.39 is 17.5 Å². The molecule has 12 heteroatoms. The summed E-state index contributed by atoms with van der Waals surface area (Å²) in [6.45, 7) is 17.1. The monoisotopic (exact) mass is 653 g/mol. The van der Waals surface area contributed by atoms with Gasteiger partial charge in [0.25, 0.3) is 0 Å². The highest BCUT2D eigenvalue weighted by Crippen LogP contribution is 2.38. The standard InChI is InChI=1S/C34H43F2N6O3S/c1-20(33(2,3)4)30(34(5,6)7)37-10-9-11-45-28-17-26-25(16-27(28)44-8)31(40-19-39-26)42-32-38-18-24(46-32)15-29(43)41-23-13-21(35)12-22(36)14-23/h12-14,16-19,30,37H,9-11,15H2,1-8H3,(H,41,43)(H,38,39,40,42). The van der Waals surface area contributed by atoms with Gasteiger partial charge in [0.15, 0.2) is 16.6 Å². The smallest absolute Gasteiger partial charge is 0.229 e. The van der Waals surface area contributed by atoms with Gasteiger partial charge in [-0.1, -0.05) is 48.5 Å². The van der Waals surface area contributed by atoms with Crippen LogP contribution < -0.4 is 25.4 Å². The van der Waals surface area contributed by atoms with E-state index in [9.17, 15) is 13.6 Å². The summed E-state index contributed by atoms with van der Waals surface area (Å²) < 4.78 is 38.7. The van der Waals surface area contributed by atoms with Crippen LogP contribution in [0.2, 0.25) is 0 Å². The number of nitrogens with one attached hydrogen (secondary N) is 3. The van der Waals surface area contributed by atoms with Crippen molar-refractivity contribution in [1.82, 2.24) is 20.3 Å². The molecule has 0 aliphatic rings. The van der Waals surface area contributed by atoms with Crippen molar-refractivity contribution in [1.29, 1.82) is 0 Å². The van der Waals surface area contributed by atoms with Crippen LogP contribution in [0.15, 0.2) is 42.9 Å². The third-order valence-electron chi connectivity index (χ3n) is 7.59. The number of fused-ring (bicyclic) bond motifs is 1. The molecule has 1 radical (unpaired) electrons. The topological polar surface area (TPSA) is 110 Å². The number of halogens is 2. The summed E-state index contributed by atoms with van der Waals surface area (Å²) >= 11 is 1.26. The molecule has 2 aromatic heterocycles. The molecular formula is C34H43F2N6O3S. The highest BCUT2D eigenvalue weighted by molar-refractivity contribution is 7.15. The quantitative estimate of drug-likeness (QED) is 0.126. The fraction of sp³-hybridized carbons (Fsp3) is 0.441. The van der Waals surface area contributed by atoms with Gasteiger partial charge in [-0.05, 0) is 47.9 Å². The summed E-state index contributed by atoms with van der Waals surface area (Å²) in [5, 5.41) is 10.7. The molecule has 0 aliphatic heterocycles. The zero-order valence-electron chi connectivity index (χ0n) is 27.7. The van der Waals surface area contributed by atoms with E-state index in [0.29, 0.717) is 44.8 Å². The van der Waals surface area contributed by atoms with Crippen molar-refractivity contribution in [2.24, 2.45) is 10.8 Å². The van der Waals surface area contributed by atoms with Crippen LogP contribution in [0.4, 0.5) is 25.4 Å². The number of anilines is 3. The predicted molar refractivity (Wildman–Crippen MR) is 180 cm³/mol. The number of carbonyl (C=O) groups is 1. The van der Waals surface area contributed by atoms with E-state index in [1.807, 2.05) is 12.1 Å². The number of methoxy groups -OCH3 is 1. The summed E-state index contributed by atoms with van der Waals surface area (Å²) in [4.78, 5) is 26.3. The number of nitrogens with zero attached hydrogens (tertiary/aromatic N) is 3. The van der Waals surface area contributed by atoms with Gasteiger partial charge in [-0.2, -0.15) is 0 Å². The summed E-state index contributed by atoms with van der Waals surface area (Å²) in [6.07, 6.45) is 3.81. The number of aromatic nitrogens is 3. The van der Waals surface area contributed by atoms with Crippen molar-refractivity contribution in [2.75, 3.05) is 30.9 Å². The molecule has 1 amide bonds. The Morgan fingerprint density at radius 1 is 0.978 bits per heavy atom. The van der Waals surface area contributed by atoms with Crippen LogP contribution in [0.5, 0.6) is 11.5 Å². The number of thiazole rings is 1. The van der Waals surface area contributed by atoms with Crippen LogP contribution in [0.3, 0.4) is 0 Å². The summed E-state index contributed by atoms with van der Waals surface area (Å²) in [5.41, 5.74) is 0.910. The Morgan fingerprint density at radius 3 is 2.35 bits per heavy atom. The Morgan fingerprint density at radius 2 is 1.70 bits per heavy atom. The number of hydrogen-bond donors (Lipinski definition) is 3. The maximum absolute atomic E-state index is 13.5. The molecule has 4 aromatic rings. The first kappa shape index (κ1) is 35.0. The normalized spacial score (nSPS) is 12.8. The van der Waals surface area contributed by atoms with Gasteiger partial charge in [0, 0.05) is 40.3 Å². The Bertz CT molecular complexity index is 1630. The predicted octanol–water partition coefficient (Wildman–Crippen LogP) is 7.71. The zero-order valence-corrected chi connectivity index (χ0v) is 28.5. The molecule has 4 rings (SSSR count). The molecule has 1 unspecified atom stereocenters. The van der Waals surface area contributed by atoms with Gasteiger partial charge in [0.05, 0.1) is 25.7 Å². The number of carbonyl (C=O) groups excluding carboxylic acids is 1. The average Bonchev–Trinajstić information content (AvgIpc) is 3.38. The van der Waals surface area contributed by atoms with Gasteiger partial charge < -0.3 is 25.4 Å². The van der Waals surface area contributed by atoms with Gasteiger partial charge in [-0.15, -0.1) is 11.3 Å². The number of benzene rings is 2. The van der Waals surface area contributed by atoms with E-state index in [-0.39, 0.29) is 29.0 Å². The summed E-state index contributed by atoms with van der Waals surface area (Å²) in [5.74, 6) is 1.12. The molecule has 247 valence electrons. The minimum Gasteiger partial charge on any atom is -0.493 e. The molecule has 3 N–H and O–H groups in total. The summed E-state index contributed by atoms with van der Waals surface area (Å²) in [6, 6.07) is 6.79. The molecule has 2 aromatic carbocycles. The van der Waals surface area contributed by atoms with E-state index in [1.54, 1.807) is 13.3 Å². The van der Waals surface area contributed by atoms with Crippen LogP contribution >= 0.6 is 11.3 Å². The van der Waals surface area contributed by atoms with Crippen LogP contribution in [-0.2, 0) is 11.2 Å². The number of ether oxygens (including phenoxy) is 2. The van der Waals surface area contributed by atoms with Crippen molar-refractivity contribution in [3.8, 4) is 11.5 Å². The second-order valence-corrected chi connectivity index (χ2v) is 14.4. The molecule has 1 atom stereocenters. The van der Waals surface area contributed by atoms with Gasteiger partial charge in [0.1, 0.15) is 23.8 Å². The average molecular weight is 654 g/mol. The lowest BCUT2D eigenvalue weighted by Crippen LogP contribution is -2.48. The van der Waals surface area contributed by atoms with Gasteiger partial charge in [-0.3, -0.25) is 4.79 Å². The lowest BCUT2D eigenvalue weighted by molar-refractivity contribution is -0.115. The minimum absolute atomic E-state index is 0.0165. The molecular weight excluding hydrogens is 610 g/mol. The lowest BCUT2D eigenvalue weighted by Gasteiger charge is -2.42. The van der Waals surface area contributed by atoms with Crippen molar-refractivity contribution in [3.05, 3.63) is 65.3 Å². The first-order chi connectivity index (χ1) is 21.6. The highest BCUT2D eigenvalue weighted by atomic mass is 32.1. The summed E-state index contributed by atoms with van der Waals surface area (Å²) in [7, 11) is 1.59. The Balaban J connectivity index is 1.38.